The summed E-state index contributed by atoms with van der Waals surface area (Å²) in [4.78, 5) is 33.2. The van der Waals surface area contributed by atoms with Crippen LogP contribution in [0.25, 0.3) is 0 Å². The number of carbonyl (C=O) groups excluding carboxylic acids is 2. The van der Waals surface area contributed by atoms with Gasteiger partial charge in [0.15, 0.2) is 6.21 Å². The molecule has 1 aromatic carbocycles. The van der Waals surface area contributed by atoms with Gasteiger partial charge in [0, 0.05) is 45.1 Å². The Hall–Kier alpha value is -3.46. The maximum atomic E-state index is 12.6. The van der Waals surface area contributed by atoms with Crippen LogP contribution in [0.2, 0.25) is 0 Å². The van der Waals surface area contributed by atoms with Crippen LogP contribution in [0.1, 0.15) is 53.7 Å². The molecule has 3 heterocycles. The number of ether oxygens (including phenoxy) is 3. The van der Waals surface area contributed by atoms with Crippen molar-refractivity contribution in [2.45, 2.75) is 38.8 Å². The number of methoxy groups -OCH3 is 2. The summed E-state index contributed by atoms with van der Waals surface area (Å²) in [5.74, 6) is 1.24. The van der Waals surface area contributed by atoms with E-state index in [1.807, 2.05) is 45.2 Å². The molecule has 2 aromatic rings. The van der Waals surface area contributed by atoms with Crippen molar-refractivity contribution in [2.75, 3.05) is 47.4 Å². The predicted molar refractivity (Wildman–Crippen MR) is 135 cm³/mol. The Labute approximate surface area is 212 Å². The quantitative estimate of drug-likeness (QED) is 0.589. The van der Waals surface area contributed by atoms with Crippen LogP contribution in [-0.2, 0) is 11.3 Å². The van der Waals surface area contributed by atoms with E-state index in [1.54, 1.807) is 43.1 Å². The summed E-state index contributed by atoms with van der Waals surface area (Å²) in [5, 5.41) is 0. The SMILES string of the molecule is COc1cc(C2C=[N+](C)C(=O)c3cnccc32)cc(OC)c1CN1CCN(C(=O)OC(C)(C)C)CC1. The largest absolute Gasteiger partial charge is 0.496 e. The molecule has 192 valence electrons. The zero-order valence-electron chi connectivity index (χ0n) is 21.9. The Kier molecular flexibility index (Phi) is 7.31. The van der Waals surface area contributed by atoms with Gasteiger partial charge in [-0.2, -0.15) is 4.58 Å². The molecule has 9 nitrogen and oxygen atoms in total. The molecule has 2 aliphatic rings. The number of aromatic nitrogens is 1. The Balaban J connectivity index is 1.56. The predicted octanol–water partition coefficient (Wildman–Crippen LogP) is 3.15. The van der Waals surface area contributed by atoms with Crippen molar-refractivity contribution in [3.05, 3.63) is 52.8 Å². The molecule has 0 spiro atoms. The maximum Gasteiger partial charge on any atom is 0.420 e. The van der Waals surface area contributed by atoms with Crippen LogP contribution in [0.3, 0.4) is 0 Å². The number of benzene rings is 1. The molecule has 0 saturated carbocycles. The molecule has 0 bridgehead atoms. The molecule has 9 heteroatoms. The third kappa shape index (κ3) is 5.36. The van der Waals surface area contributed by atoms with E-state index >= 15 is 0 Å². The van der Waals surface area contributed by atoms with E-state index in [0.717, 1.165) is 41.3 Å². The highest BCUT2D eigenvalue weighted by molar-refractivity contribution is 5.96. The number of nitrogens with zero attached hydrogens (tertiary/aromatic N) is 4. The zero-order valence-corrected chi connectivity index (χ0v) is 21.9. The lowest BCUT2D eigenvalue weighted by Crippen LogP contribution is -2.49. The topological polar surface area (TPSA) is 84.2 Å². The average molecular weight is 496 g/mol. The van der Waals surface area contributed by atoms with Crippen LogP contribution in [0, 0.1) is 0 Å². The first-order valence-electron chi connectivity index (χ1n) is 12.1. The van der Waals surface area contributed by atoms with Gasteiger partial charge in [-0.1, -0.05) is 0 Å². The van der Waals surface area contributed by atoms with E-state index < -0.39 is 5.60 Å². The highest BCUT2D eigenvalue weighted by Crippen LogP contribution is 2.37. The van der Waals surface area contributed by atoms with Crippen molar-refractivity contribution in [3.8, 4) is 11.5 Å². The van der Waals surface area contributed by atoms with E-state index in [-0.39, 0.29) is 17.9 Å². The number of fused-ring (bicyclic) bond motifs is 1. The van der Waals surface area contributed by atoms with Crippen molar-refractivity contribution in [1.29, 1.82) is 0 Å². The second kappa shape index (κ2) is 10.3. The first-order chi connectivity index (χ1) is 17.1. The molecule has 0 radical (unpaired) electrons. The highest BCUT2D eigenvalue weighted by Gasteiger charge is 2.34. The highest BCUT2D eigenvalue weighted by atomic mass is 16.6. The molecule has 2 amide bonds. The molecule has 36 heavy (non-hydrogen) atoms. The summed E-state index contributed by atoms with van der Waals surface area (Å²) in [6.07, 6.45) is 4.96. The second-order valence-electron chi connectivity index (χ2n) is 10.2. The molecule has 1 saturated heterocycles. The van der Waals surface area contributed by atoms with Crippen LogP contribution >= 0.6 is 0 Å². The van der Waals surface area contributed by atoms with Crippen LogP contribution in [-0.4, -0.2) is 90.6 Å². The van der Waals surface area contributed by atoms with Gasteiger partial charge in [-0.05, 0) is 50.1 Å². The lowest BCUT2D eigenvalue weighted by Gasteiger charge is -2.36. The molecule has 1 aromatic heterocycles. The van der Waals surface area contributed by atoms with Gasteiger partial charge in [0.05, 0.1) is 25.7 Å². The third-order valence-corrected chi connectivity index (χ3v) is 6.51. The molecular weight excluding hydrogens is 460 g/mol. The molecule has 0 aliphatic carbocycles. The molecule has 1 atom stereocenters. The van der Waals surface area contributed by atoms with Crippen molar-refractivity contribution in [3.63, 3.8) is 0 Å². The standard InChI is InChI=1S/C27H35N4O5/c1-27(2,3)36-26(33)31-11-9-30(10-12-31)17-22-23(34-5)13-18(14-24(22)35-6)21-16-29(4)25(32)20-15-28-8-7-19(20)21/h7-8,13-16,21H,9-12,17H2,1-6H3/q+1. The molecule has 1 unspecified atom stereocenters. The van der Waals surface area contributed by atoms with E-state index in [1.165, 1.54) is 0 Å². The number of pyridine rings is 1. The summed E-state index contributed by atoms with van der Waals surface area (Å²) in [5.41, 5.74) is 2.91. The van der Waals surface area contributed by atoms with Gasteiger partial charge in [-0.3, -0.25) is 9.88 Å². The minimum Gasteiger partial charge on any atom is -0.496 e. The number of hydrogen-bond donors (Lipinski definition) is 0. The molecular formula is C27H35N4O5+. The van der Waals surface area contributed by atoms with Crippen LogP contribution in [0.15, 0.2) is 30.6 Å². The average Bonchev–Trinajstić information content (AvgIpc) is 2.85. The molecule has 2 aliphatic heterocycles. The summed E-state index contributed by atoms with van der Waals surface area (Å²) in [6, 6.07) is 5.92. The van der Waals surface area contributed by atoms with Crippen molar-refractivity contribution in [1.82, 2.24) is 14.8 Å². The fourth-order valence-electron chi connectivity index (χ4n) is 4.66. The van der Waals surface area contributed by atoms with E-state index in [9.17, 15) is 9.59 Å². The lowest BCUT2D eigenvalue weighted by atomic mass is 9.86. The Morgan fingerprint density at radius 1 is 1.11 bits per heavy atom. The van der Waals surface area contributed by atoms with Gasteiger partial charge in [-0.15, -0.1) is 0 Å². The Morgan fingerprint density at radius 2 is 1.75 bits per heavy atom. The fourth-order valence-corrected chi connectivity index (χ4v) is 4.66. The second-order valence-corrected chi connectivity index (χ2v) is 10.2. The molecule has 0 N–H and O–H groups in total. The number of amides is 2. The Bertz CT molecular complexity index is 1150. The number of rotatable bonds is 5. The monoisotopic (exact) mass is 495 g/mol. The Morgan fingerprint density at radius 3 is 2.33 bits per heavy atom. The van der Waals surface area contributed by atoms with Crippen molar-refractivity contribution in [2.24, 2.45) is 0 Å². The normalized spacial score (nSPS) is 18.4. The fraction of sp³-hybridized carbons (Fsp3) is 0.481. The van der Waals surface area contributed by atoms with Crippen molar-refractivity contribution < 1.29 is 28.4 Å². The third-order valence-electron chi connectivity index (χ3n) is 6.51. The van der Waals surface area contributed by atoms with Gasteiger partial charge in [0.1, 0.15) is 29.7 Å². The summed E-state index contributed by atoms with van der Waals surface area (Å²) in [6.45, 7) is 8.88. The minimum absolute atomic E-state index is 0.0737. The first kappa shape index (κ1) is 25.6. The zero-order chi connectivity index (χ0) is 26.0. The van der Waals surface area contributed by atoms with Crippen LogP contribution in [0.4, 0.5) is 4.79 Å². The van der Waals surface area contributed by atoms with Gasteiger partial charge in [0.25, 0.3) is 0 Å². The van der Waals surface area contributed by atoms with Crippen LogP contribution in [0.5, 0.6) is 11.5 Å². The van der Waals surface area contributed by atoms with Crippen molar-refractivity contribution >= 4 is 18.2 Å². The van der Waals surface area contributed by atoms with Gasteiger partial charge < -0.3 is 19.1 Å². The smallest absolute Gasteiger partial charge is 0.420 e. The van der Waals surface area contributed by atoms with Gasteiger partial charge in [0.2, 0.25) is 0 Å². The van der Waals surface area contributed by atoms with Gasteiger partial charge >= 0.3 is 12.0 Å². The minimum atomic E-state index is -0.508. The molecule has 4 rings (SSSR count). The van der Waals surface area contributed by atoms with E-state index in [4.69, 9.17) is 14.2 Å². The number of carbonyl (C=O) groups is 2. The lowest BCUT2D eigenvalue weighted by molar-refractivity contribution is -0.392. The summed E-state index contributed by atoms with van der Waals surface area (Å²) >= 11 is 0. The summed E-state index contributed by atoms with van der Waals surface area (Å²) < 4.78 is 18.7. The maximum absolute atomic E-state index is 12.6. The van der Waals surface area contributed by atoms with E-state index in [2.05, 4.69) is 9.88 Å². The summed E-state index contributed by atoms with van der Waals surface area (Å²) in [7, 11) is 5.06. The number of hydrogen-bond acceptors (Lipinski definition) is 7. The van der Waals surface area contributed by atoms with Crippen LogP contribution < -0.4 is 9.47 Å². The van der Waals surface area contributed by atoms with Gasteiger partial charge in [-0.25, -0.2) is 9.59 Å². The number of piperazine rings is 1. The van der Waals surface area contributed by atoms with E-state index in [0.29, 0.717) is 25.2 Å². The molecule has 1 fully saturated rings. The first-order valence-corrected chi connectivity index (χ1v) is 12.1.